The van der Waals surface area contributed by atoms with Crippen molar-refractivity contribution >= 4 is 16.8 Å². The van der Waals surface area contributed by atoms with E-state index >= 15 is 0 Å². The summed E-state index contributed by atoms with van der Waals surface area (Å²) in [5.74, 6) is 1.26. The molecule has 24 heavy (non-hydrogen) atoms. The standard InChI is InChI=1S/C19H17N3O2/c1-4-16(21-11-13(2)23-3)14-7-8-18-17(10-14)22-19(24-18)15-6-5-9-20-12-15/h4-12H,1H2,2-3H3/b13-11+,21-16?. The third kappa shape index (κ3) is 3.25. The molecule has 5 heteroatoms. The molecule has 2 heterocycles. The van der Waals surface area contributed by atoms with Crippen molar-refractivity contribution in [3.05, 3.63) is 72.9 Å². The maximum atomic E-state index is 5.79. The average molecular weight is 319 g/mol. The molecule has 0 aliphatic carbocycles. The van der Waals surface area contributed by atoms with Gasteiger partial charge in [-0.15, -0.1) is 0 Å². The van der Waals surface area contributed by atoms with Crippen molar-refractivity contribution in [2.24, 2.45) is 4.99 Å². The predicted octanol–water partition coefficient (Wildman–Crippen LogP) is 4.37. The number of benzene rings is 1. The van der Waals surface area contributed by atoms with Gasteiger partial charge in [0.1, 0.15) is 11.3 Å². The number of ether oxygens (including phenoxy) is 1. The van der Waals surface area contributed by atoms with E-state index in [1.54, 1.807) is 31.8 Å². The minimum absolute atomic E-state index is 0.544. The van der Waals surface area contributed by atoms with E-state index in [-0.39, 0.29) is 0 Å². The van der Waals surface area contributed by atoms with E-state index in [0.29, 0.717) is 11.5 Å². The van der Waals surface area contributed by atoms with Gasteiger partial charge in [-0.1, -0.05) is 6.58 Å². The molecule has 0 atom stereocenters. The van der Waals surface area contributed by atoms with E-state index in [9.17, 15) is 0 Å². The largest absolute Gasteiger partial charge is 0.500 e. The van der Waals surface area contributed by atoms with Gasteiger partial charge in [0.2, 0.25) is 5.89 Å². The summed E-state index contributed by atoms with van der Waals surface area (Å²) >= 11 is 0. The third-order valence-corrected chi connectivity index (χ3v) is 3.49. The van der Waals surface area contributed by atoms with Crippen LogP contribution < -0.4 is 0 Å². The monoisotopic (exact) mass is 319 g/mol. The van der Waals surface area contributed by atoms with E-state index in [4.69, 9.17) is 9.15 Å². The van der Waals surface area contributed by atoms with Gasteiger partial charge in [-0.2, -0.15) is 0 Å². The van der Waals surface area contributed by atoms with Crippen LogP contribution in [0.25, 0.3) is 22.6 Å². The lowest BCUT2D eigenvalue weighted by molar-refractivity contribution is 0.292. The van der Waals surface area contributed by atoms with Gasteiger partial charge >= 0.3 is 0 Å². The molecule has 0 fully saturated rings. The van der Waals surface area contributed by atoms with Crippen molar-refractivity contribution < 1.29 is 9.15 Å². The summed E-state index contributed by atoms with van der Waals surface area (Å²) in [5, 5.41) is 0. The average Bonchev–Trinajstić information content (AvgIpc) is 3.06. The molecule has 0 bridgehead atoms. The number of hydrogen-bond acceptors (Lipinski definition) is 5. The van der Waals surface area contributed by atoms with Crippen LogP contribution in [0, 0.1) is 0 Å². The van der Waals surface area contributed by atoms with Crippen molar-refractivity contribution in [3.63, 3.8) is 0 Å². The fourth-order valence-electron chi connectivity index (χ4n) is 2.16. The van der Waals surface area contributed by atoms with E-state index in [1.807, 2.05) is 37.3 Å². The minimum Gasteiger partial charge on any atom is -0.500 e. The summed E-state index contributed by atoms with van der Waals surface area (Å²) < 4.78 is 10.9. The number of pyridine rings is 1. The normalized spacial score (nSPS) is 12.4. The van der Waals surface area contributed by atoms with Crippen molar-refractivity contribution in [1.29, 1.82) is 0 Å². The molecule has 0 saturated carbocycles. The van der Waals surface area contributed by atoms with E-state index in [0.717, 1.165) is 28.1 Å². The molecule has 3 aromatic rings. The molecule has 2 aromatic heterocycles. The Balaban J connectivity index is 2.00. The number of oxazole rings is 1. The molecule has 0 N–H and O–H groups in total. The summed E-state index contributed by atoms with van der Waals surface area (Å²) in [4.78, 5) is 13.0. The Labute approximate surface area is 140 Å². The number of aromatic nitrogens is 2. The van der Waals surface area contributed by atoms with Crippen LogP contribution in [-0.4, -0.2) is 22.8 Å². The number of aliphatic imine (C=N–C) groups is 1. The highest BCUT2D eigenvalue weighted by Gasteiger charge is 2.10. The second kappa shape index (κ2) is 6.91. The Bertz CT molecular complexity index is 924. The molecule has 3 rings (SSSR count). The van der Waals surface area contributed by atoms with Gasteiger partial charge < -0.3 is 9.15 Å². The Morgan fingerprint density at radius 3 is 2.92 bits per heavy atom. The second-order valence-corrected chi connectivity index (χ2v) is 5.11. The molecule has 0 spiro atoms. The zero-order valence-corrected chi connectivity index (χ0v) is 13.6. The van der Waals surface area contributed by atoms with Gasteiger partial charge in [0.15, 0.2) is 5.58 Å². The van der Waals surface area contributed by atoms with Crippen LogP contribution in [0.4, 0.5) is 0 Å². The zero-order chi connectivity index (χ0) is 16.9. The van der Waals surface area contributed by atoms with Gasteiger partial charge in [0, 0.05) is 18.0 Å². The van der Waals surface area contributed by atoms with Gasteiger partial charge in [-0.25, -0.2) is 4.98 Å². The van der Waals surface area contributed by atoms with Crippen molar-refractivity contribution in [3.8, 4) is 11.5 Å². The van der Waals surface area contributed by atoms with Gasteiger partial charge in [0.05, 0.1) is 24.6 Å². The summed E-state index contributed by atoms with van der Waals surface area (Å²) in [6.45, 7) is 5.66. The highest BCUT2D eigenvalue weighted by atomic mass is 16.5. The molecule has 0 saturated heterocycles. The molecular weight excluding hydrogens is 302 g/mol. The van der Waals surface area contributed by atoms with Crippen molar-refractivity contribution in [2.75, 3.05) is 7.11 Å². The summed E-state index contributed by atoms with van der Waals surface area (Å²) in [6.07, 6.45) is 6.79. The Hall–Kier alpha value is -3.21. The molecule has 0 unspecified atom stereocenters. The van der Waals surface area contributed by atoms with Crippen LogP contribution in [0.1, 0.15) is 12.5 Å². The van der Waals surface area contributed by atoms with Crippen molar-refractivity contribution in [2.45, 2.75) is 6.92 Å². The number of hydrogen-bond donors (Lipinski definition) is 0. The number of allylic oxidation sites excluding steroid dienone is 2. The lowest BCUT2D eigenvalue weighted by atomic mass is 10.1. The van der Waals surface area contributed by atoms with Gasteiger partial charge in [0.25, 0.3) is 0 Å². The van der Waals surface area contributed by atoms with Crippen LogP contribution in [-0.2, 0) is 4.74 Å². The second-order valence-electron chi connectivity index (χ2n) is 5.11. The Morgan fingerprint density at radius 2 is 2.21 bits per heavy atom. The number of rotatable bonds is 5. The predicted molar refractivity (Wildman–Crippen MR) is 94.7 cm³/mol. The first-order valence-electron chi connectivity index (χ1n) is 7.43. The molecule has 0 radical (unpaired) electrons. The number of fused-ring (bicyclic) bond motifs is 1. The zero-order valence-electron chi connectivity index (χ0n) is 13.6. The molecule has 0 aliphatic heterocycles. The molecule has 5 nitrogen and oxygen atoms in total. The first-order valence-corrected chi connectivity index (χ1v) is 7.43. The first-order chi connectivity index (χ1) is 11.7. The fourth-order valence-corrected chi connectivity index (χ4v) is 2.16. The van der Waals surface area contributed by atoms with Crippen LogP contribution >= 0.6 is 0 Å². The molecule has 120 valence electrons. The van der Waals surface area contributed by atoms with Crippen LogP contribution in [0.2, 0.25) is 0 Å². The lowest BCUT2D eigenvalue weighted by Gasteiger charge is -2.00. The number of methoxy groups -OCH3 is 1. The quantitative estimate of drug-likeness (QED) is 0.517. The molecule has 1 aromatic carbocycles. The third-order valence-electron chi connectivity index (χ3n) is 3.49. The fraction of sp³-hybridized carbons (Fsp3) is 0.105. The summed E-state index contributed by atoms with van der Waals surface area (Å²) in [6, 6.07) is 9.49. The topological polar surface area (TPSA) is 60.5 Å². The maximum Gasteiger partial charge on any atom is 0.228 e. The van der Waals surface area contributed by atoms with Crippen molar-refractivity contribution in [1.82, 2.24) is 9.97 Å². The van der Waals surface area contributed by atoms with E-state index < -0.39 is 0 Å². The van der Waals surface area contributed by atoms with Crippen LogP contribution in [0.5, 0.6) is 0 Å². The molecular formula is C19H17N3O2. The van der Waals surface area contributed by atoms with Gasteiger partial charge in [-0.3, -0.25) is 9.98 Å². The van der Waals surface area contributed by atoms with Crippen LogP contribution in [0.3, 0.4) is 0 Å². The van der Waals surface area contributed by atoms with Gasteiger partial charge in [-0.05, 0) is 43.3 Å². The molecule has 0 aliphatic rings. The number of nitrogens with zero attached hydrogens (tertiary/aromatic N) is 3. The Kier molecular flexibility index (Phi) is 4.52. The lowest BCUT2D eigenvalue weighted by Crippen LogP contribution is -1.95. The minimum atomic E-state index is 0.544. The maximum absolute atomic E-state index is 5.79. The highest BCUT2D eigenvalue weighted by Crippen LogP contribution is 2.24. The Morgan fingerprint density at radius 1 is 1.33 bits per heavy atom. The SMILES string of the molecule is C=CC(=N/C=C(\C)OC)c1ccc2oc(-c3cccnc3)nc2c1. The van der Waals surface area contributed by atoms with E-state index in [1.165, 1.54) is 0 Å². The summed E-state index contributed by atoms with van der Waals surface area (Å²) in [7, 11) is 1.61. The first kappa shape index (κ1) is 15.7. The molecule has 0 amide bonds. The highest BCUT2D eigenvalue weighted by molar-refractivity contribution is 6.10. The van der Waals surface area contributed by atoms with Crippen LogP contribution in [0.15, 0.2) is 76.7 Å². The van der Waals surface area contributed by atoms with E-state index in [2.05, 4.69) is 21.5 Å². The smallest absolute Gasteiger partial charge is 0.228 e. The summed E-state index contributed by atoms with van der Waals surface area (Å²) in [5.41, 5.74) is 3.95.